The van der Waals surface area contributed by atoms with Gasteiger partial charge in [0.2, 0.25) is 5.91 Å². The van der Waals surface area contributed by atoms with Crippen LogP contribution in [0.3, 0.4) is 0 Å². The first-order valence-corrected chi connectivity index (χ1v) is 13.0. The first kappa shape index (κ1) is 25.0. The Kier molecular flexibility index (Phi) is 8.18. The maximum atomic E-state index is 13.5. The molecular weight excluding hydrogens is 469 g/mol. The molecule has 0 bridgehead atoms. The van der Waals surface area contributed by atoms with Crippen molar-refractivity contribution in [3.63, 3.8) is 0 Å². The summed E-state index contributed by atoms with van der Waals surface area (Å²) in [6.07, 6.45) is 4.50. The van der Waals surface area contributed by atoms with Crippen LogP contribution in [0.5, 0.6) is 0 Å². The van der Waals surface area contributed by atoms with Crippen LogP contribution in [0.15, 0.2) is 42.5 Å². The average molecular weight is 502 g/mol. The zero-order valence-corrected chi connectivity index (χ0v) is 21.4. The molecule has 2 amide bonds. The Morgan fingerprint density at radius 1 is 0.912 bits per heavy atom. The molecule has 1 heterocycles. The van der Waals surface area contributed by atoms with E-state index in [0.717, 1.165) is 18.5 Å². The fourth-order valence-corrected chi connectivity index (χ4v) is 5.43. The second-order valence-electron chi connectivity index (χ2n) is 9.71. The number of amides is 2. The molecule has 2 fully saturated rings. The quantitative estimate of drug-likeness (QED) is 0.522. The minimum absolute atomic E-state index is 0.0506. The Hall–Kier alpha value is -2.08. The second-order valence-corrected chi connectivity index (χ2v) is 10.5. The Labute approximate surface area is 212 Å². The van der Waals surface area contributed by atoms with Crippen molar-refractivity contribution in [1.29, 1.82) is 0 Å². The molecule has 2 aliphatic rings. The summed E-state index contributed by atoms with van der Waals surface area (Å²) in [5.74, 6) is 0.824. The van der Waals surface area contributed by atoms with E-state index in [2.05, 4.69) is 36.2 Å². The Balaban J connectivity index is 1.42. The van der Waals surface area contributed by atoms with Gasteiger partial charge in [0.05, 0.1) is 16.1 Å². The minimum atomic E-state index is -0.172. The van der Waals surface area contributed by atoms with Crippen LogP contribution < -0.4 is 5.32 Å². The predicted molar refractivity (Wildman–Crippen MR) is 139 cm³/mol. The van der Waals surface area contributed by atoms with Gasteiger partial charge in [-0.2, -0.15) is 0 Å². The highest BCUT2D eigenvalue weighted by Gasteiger charge is 2.37. The summed E-state index contributed by atoms with van der Waals surface area (Å²) in [5.41, 5.74) is 2.64. The van der Waals surface area contributed by atoms with Crippen LogP contribution in [0.4, 0.5) is 5.69 Å². The second kappa shape index (κ2) is 11.1. The third-order valence-electron chi connectivity index (χ3n) is 7.12. The fourth-order valence-electron chi connectivity index (χ4n) is 5.13. The zero-order valence-electron chi connectivity index (χ0n) is 19.9. The van der Waals surface area contributed by atoms with Gasteiger partial charge in [-0.25, -0.2) is 0 Å². The monoisotopic (exact) mass is 501 g/mol. The van der Waals surface area contributed by atoms with Crippen molar-refractivity contribution < 1.29 is 9.59 Å². The van der Waals surface area contributed by atoms with E-state index in [1.165, 1.54) is 18.4 Å². The van der Waals surface area contributed by atoms with Gasteiger partial charge in [0.25, 0.3) is 5.91 Å². The number of nitrogens with one attached hydrogen (secondary N) is 1. The van der Waals surface area contributed by atoms with Crippen LogP contribution in [0.1, 0.15) is 61.4 Å². The lowest BCUT2D eigenvalue weighted by atomic mass is 9.94. The van der Waals surface area contributed by atoms with Gasteiger partial charge in [-0.05, 0) is 60.6 Å². The van der Waals surface area contributed by atoms with Crippen LogP contribution in [0.2, 0.25) is 10.0 Å². The van der Waals surface area contributed by atoms with Gasteiger partial charge in [0, 0.05) is 37.4 Å². The molecule has 4 rings (SSSR count). The lowest BCUT2D eigenvalue weighted by Gasteiger charge is -2.40. The van der Waals surface area contributed by atoms with Crippen molar-refractivity contribution in [2.24, 2.45) is 5.92 Å². The van der Waals surface area contributed by atoms with Crippen molar-refractivity contribution in [2.45, 2.75) is 51.5 Å². The highest BCUT2D eigenvalue weighted by Crippen LogP contribution is 2.32. The number of anilines is 1. The van der Waals surface area contributed by atoms with Crippen LogP contribution in [-0.2, 0) is 4.79 Å². The minimum Gasteiger partial charge on any atom is -0.336 e. The van der Waals surface area contributed by atoms with Crippen molar-refractivity contribution >= 4 is 40.7 Å². The van der Waals surface area contributed by atoms with Gasteiger partial charge in [-0.15, -0.1) is 0 Å². The number of rotatable bonds is 6. The summed E-state index contributed by atoms with van der Waals surface area (Å²) in [4.78, 5) is 30.5. The molecule has 34 heavy (non-hydrogen) atoms. The van der Waals surface area contributed by atoms with Gasteiger partial charge in [0.15, 0.2) is 0 Å². The molecule has 0 unspecified atom stereocenters. The molecule has 1 aliphatic carbocycles. The number of nitrogens with zero attached hydrogens (tertiary/aromatic N) is 2. The topological polar surface area (TPSA) is 52.7 Å². The molecule has 1 saturated carbocycles. The smallest absolute Gasteiger partial charge is 0.253 e. The third-order valence-corrected chi connectivity index (χ3v) is 7.86. The largest absolute Gasteiger partial charge is 0.336 e. The highest BCUT2D eigenvalue weighted by molar-refractivity contribution is 6.42. The summed E-state index contributed by atoms with van der Waals surface area (Å²) in [5, 5.41) is 3.98. The summed E-state index contributed by atoms with van der Waals surface area (Å²) in [6, 6.07) is 13.0. The number of halogens is 2. The Bertz CT molecular complexity index is 1010. The molecule has 1 N–H and O–H groups in total. The van der Waals surface area contributed by atoms with E-state index in [-0.39, 0.29) is 17.9 Å². The van der Waals surface area contributed by atoms with Crippen LogP contribution in [-0.4, -0.2) is 53.8 Å². The van der Waals surface area contributed by atoms with Crippen LogP contribution >= 0.6 is 23.2 Å². The van der Waals surface area contributed by atoms with E-state index in [9.17, 15) is 9.59 Å². The summed E-state index contributed by atoms with van der Waals surface area (Å²) in [6.45, 7) is 6.84. The molecule has 2 aromatic rings. The fraction of sp³-hybridized carbons (Fsp3) is 0.481. The van der Waals surface area contributed by atoms with Gasteiger partial charge in [-0.1, -0.05) is 62.0 Å². The van der Waals surface area contributed by atoms with Gasteiger partial charge >= 0.3 is 0 Å². The normalized spacial score (nSPS) is 18.3. The lowest BCUT2D eigenvalue weighted by Crippen LogP contribution is -2.56. The van der Waals surface area contributed by atoms with Gasteiger partial charge in [-0.3, -0.25) is 14.5 Å². The Morgan fingerprint density at radius 2 is 1.56 bits per heavy atom. The summed E-state index contributed by atoms with van der Waals surface area (Å²) in [7, 11) is 0. The van der Waals surface area contributed by atoms with E-state index in [1.807, 2.05) is 17.0 Å². The van der Waals surface area contributed by atoms with Crippen molar-refractivity contribution in [2.75, 3.05) is 31.5 Å². The van der Waals surface area contributed by atoms with Crippen LogP contribution in [0.25, 0.3) is 0 Å². The molecule has 0 spiro atoms. The van der Waals surface area contributed by atoms with E-state index < -0.39 is 0 Å². The number of hydrogen-bond donors (Lipinski definition) is 1. The number of benzene rings is 2. The number of carbonyl (C=O) groups is 2. The standard InChI is InChI=1S/C27H33Cl2N3O2/c1-18(2)19-7-10-22(11-8-19)30-26(33)25(20-5-3-4-6-20)31-13-15-32(16-14-31)27(34)21-9-12-23(28)24(29)17-21/h7-12,17-18,20,25H,3-6,13-16H2,1-2H3,(H,30,33)/t25-/m0/s1. The molecule has 1 atom stereocenters. The molecule has 182 valence electrons. The first-order chi connectivity index (χ1) is 16.3. The molecule has 5 nitrogen and oxygen atoms in total. The number of carbonyl (C=O) groups excluding carboxylic acids is 2. The molecule has 1 aliphatic heterocycles. The van der Waals surface area contributed by atoms with E-state index in [0.29, 0.717) is 53.6 Å². The van der Waals surface area contributed by atoms with Gasteiger partial charge in [0.1, 0.15) is 0 Å². The van der Waals surface area contributed by atoms with Crippen molar-refractivity contribution in [3.05, 3.63) is 63.6 Å². The number of hydrogen-bond acceptors (Lipinski definition) is 3. The van der Waals surface area contributed by atoms with Crippen molar-refractivity contribution in [1.82, 2.24) is 9.80 Å². The Morgan fingerprint density at radius 3 is 2.15 bits per heavy atom. The van der Waals surface area contributed by atoms with E-state index in [1.54, 1.807) is 18.2 Å². The molecule has 7 heteroatoms. The molecule has 0 radical (unpaired) electrons. The summed E-state index contributed by atoms with van der Waals surface area (Å²) >= 11 is 12.1. The van der Waals surface area contributed by atoms with Gasteiger partial charge < -0.3 is 10.2 Å². The maximum Gasteiger partial charge on any atom is 0.253 e. The highest BCUT2D eigenvalue weighted by atomic mass is 35.5. The first-order valence-electron chi connectivity index (χ1n) is 12.2. The molecule has 0 aromatic heterocycles. The summed E-state index contributed by atoms with van der Waals surface area (Å²) < 4.78 is 0. The average Bonchev–Trinajstić information content (AvgIpc) is 3.35. The molecule has 2 aromatic carbocycles. The SMILES string of the molecule is CC(C)c1ccc(NC(=O)[C@H](C2CCCC2)N2CCN(C(=O)c3ccc(Cl)c(Cl)c3)CC2)cc1. The van der Waals surface area contributed by atoms with E-state index >= 15 is 0 Å². The predicted octanol–water partition coefficient (Wildman–Crippen LogP) is 6.07. The maximum absolute atomic E-state index is 13.5. The van der Waals surface area contributed by atoms with Crippen molar-refractivity contribution in [3.8, 4) is 0 Å². The molecular formula is C27H33Cl2N3O2. The van der Waals surface area contributed by atoms with Crippen LogP contribution in [0, 0.1) is 5.92 Å². The number of piperazine rings is 1. The lowest BCUT2D eigenvalue weighted by molar-refractivity contribution is -0.123. The van der Waals surface area contributed by atoms with E-state index in [4.69, 9.17) is 23.2 Å². The third kappa shape index (κ3) is 5.76. The molecule has 1 saturated heterocycles. The zero-order chi connectivity index (χ0) is 24.2.